The van der Waals surface area contributed by atoms with Gasteiger partial charge in [-0.3, -0.25) is 9.59 Å². The summed E-state index contributed by atoms with van der Waals surface area (Å²) in [5.74, 6) is 0.109. The van der Waals surface area contributed by atoms with E-state index in [0.29, 0.717) is 12.8 Å². The Labute approximate surface area is 313 Å². The fraction of sp³-hybridized carbons (Fsp3) is 0.870. The second kappa shape index (κ2) is 41.8. The Morgan fingerprint density at radius 1 is 0.360 bits per heavy atom. The second-order valence-corrected chi connectivity index (χ2v) is 15.4. The van der Waals surface area contributed by atoms with Gasteiger partial charge in [-0.2, -0.15) is 0 Å². The Kier molecular flexibility index (Phi) is 40.5. The molecule has 50 heavy (non-hydrogen) atoms. The predicted molar refractivity (Wildman–Crippen MR) is 222 cm³/mol. The highest BCUT2D eigenvalue weighted by molar-refractivity contribution is 5.79. The molecule has 0 aromatic rings. The van der Waals surface area contributed by atoms with Crippen LogP contribution in [0.15, 0.2) is 24.3 Å². The van der Waals surface area contributed by atoms with E-state index < -0.39 is 0 Å². The van der Waals surface area contributed by atoms with E-state index in [0.717, 1.165) is 25.7 Å². The third kappa shape index (κ3) is 40.8. The van der Waals surface area contributed by atoms with Gasteiger partial charge in [0.15, 0.2) is 0 Å². The molecular weight excluding hydrogens is 613 g/mol. The fourth-order valence-electron chi connectivity index (χ4n) is 6.79. The Morgan fingerprint density at radius 2 is 0.580 bits per heavy atom. The van der Waals surface area contributed by atoms with Crippen LogP contribution in [0.25, 0.3) is 0 Å². The van der Waals surface area contributed by atoms with E-state index in [9.17, 15) is 9.59 Å². The maximum absolute atomic E-state index is 12.3. The molecule has 294 valence electrons. The third-order valence-corrected chi connectivity index (χ3v) is 10.1. The predicted octanol–water partition coefficient (Wildman–Crippen LogP) is 14.8. The van der Waals surface area contributed by atoms with Crippen LogP contribution in [0.1, 0.15) is 252 Å². The summed E-state index contributed by atoms with van der Waals surface area (Å²) in [7, 11) is 0. The smallest absolute Gasteiger partial charge is 0.221 e. The van der Waals surface area contributed by atoms with E-state index in [1.165, 1.54) is 193 Å². The van der Waals surface area contributed by atoms with Crippen molar-refractivity contribution >= 4 is 11.8 Å². The maximum atomic E-state index is 12.3. The Hall–Kier alpha value is -1.58. The van der Waals surface area contributed by atoms with Crippen LogP contribution in [-0.4, -0.2) is 18.0 Å². The summed E-state index contributed by atoms with van der Waals surface area (Å²) >= 11 is 0. The molecule has 0 aliphatic heterocycles. The average Bonchev–Trinajstić information content (AvgIpc) is 3.10. The van der Waals surface area contributed by atoms with E-state index in [2.05, 4.69) is 48.8 Å². The monoisotopic (exact) mass is 701 g/mol. The van der Waals surface area contributed by atoms with Crippen LogP contribution in [0.2, 0.25) is 0 Å². The topological polar surface area (TPSA) is 58.2 Å². The third-order valence-electron chi connectivity index (χ3n) is 10.1. The number of carbonyl (C=O) groups excluding carboxylic acids is 2. The summed E-state index contributed by atoms with van der Waals surface area (Å²) in [5.41, 5.74) is 0. The molecule has 0 bridgehead atoms. The molecule has 0 heterocycles. The minimum absolute atomic E-state index is 0.0544. The molecule has 2 amide bonds. The van der Waals surface area contributed by atoms with E-state index in [1.807, 2.05) is 6.92 Å². The quantitative estimate of drug-likeness (QED) is 0.0380. The lowest BCUT2D eigenvalue weighted by Gasteiger charge is -2.16. The van der Waals surface area contributed by atoms with Gasteiger partial charge >= 0.3 is 0 Å². The molecule has 0 aromatic carbocycles. The van der Waals surface area contributed by atoms with E-state index >= 15 is 0 Å². The highest BCUT2D eigenvalue weighted by Gasteiger charge is 2.10. The molecule has 0 aliphatic rings. The zero-order valence-corrected chi connectivity index (χ0v) is 34.2. The van der Waals surface area contributed by atoms with Crippen LogP contribution >= 0.6 is 0 Å². The number of carbonyl (C=O) groups is 2. The van der Waals surface area contributed by atoms with E-state index in [4.69, 9.17) is 0 Å². The Bertz CT molecular complexity index is 699. The first-order chi connectivity index (χ1) is 24.6. The largest absolute Gasteiger partial charge is 0.336 e. The summed E-state index contributed by atoms with van der Waals surface area (Å²) in [5, 5.41) is 5.90. The number of amides is 2. The summed E-state index contributed by atoms with van der Waals surface area (Å²) in [6, 6.07) is 0. The molecule has 0 spiro atoms. The van der Waals surface area contributed by atoms with Crippen molar-refractivity contribution in [2.24, 2.45) is 0 Å². The lowest BCUT2D eigenvalue weighted by atomic mass is 10.1. The van der Waals surface area contributed by atoms with E-state index in [-0.39, 0.29) is 18.0 Å². The van der Waals surface area contributed by atoms with Crippen LogP contribution in [0.4, 0.5) is 0 Å². The molecule has 2 N–H and O–H groups in total. The minimum Gasteiger partial charge on any atom is -0.336 e. The van der Waals surface area contributed by atoms with Gasteiger partial charge in [0.25, 0.3) is 0 Å². The number of unbranched alkanes of at least 4 members (excludes halogenated alkanes) is 30. The number of rotatable bonds is 40. The first kappa shape index (κ1) is 48.4. The zero-order valence-electron chi connectivity index (χ0n) is 34.2. The number of hydrogen-bond donors (Lipinski definition) is 2. The number of hydrogen-bond acceptors (Lipinski definition) is 2. The van der Waals surface area contributed by atoms with Gasteiger partial charge in [-0.15, -0.1) is 0 Å². The van der Waals surface area contributed by atoms with Crippen molar-refractivity contribution in [1.29, 1.82) is 0 Å². The summed E-state index contributed by atoms with van der Waals surface area (Å²) in [4.78, 5) is 24.6. The van der Waals surface area contributed by atoms with Crippen molar-refractivity contribution in [2.45, 2.75) is 258 Å². The maximum Gasteiger partial charge on any atom is 0.221 e. The van der Waals surface area contributed by atoms with Gasteiger partial charge in [0.2, 0.25) is 11.8 Å². The van der Waals surface area contributed by atoms with Crippen LogP contribution in [0.5, 0.6) is 0 Å². The van der Waals surface area contributed by atoms with Crippen molar-refractivity contribution in [3.63, 3.8) is 0 Å². The van der Waals surface area contributed by atoms with Gasteiger partial charge in [0.05, 0.1) is 6.17 Å². The standard InChI is InChI=1S/C46H88N2O2/c1-4-6-8-10-12-14-16-18-20-22-24-26-28-30-32-34-36-38-40-42-45(49)47-44(3)48-46(50)43-41-39-37-35-33-31-29-27-25-23-21-19-17-15-13-11-9-7-5-2/h18-21,44H,4-17,22-43H2,1-3H3,(H,47,49)(H,48,50)/b20-18+,21-19+. The molecule has 0 aliphatic carbocycles. The van der Waals surface area contributed by atoms with Crippen molar-refractivity contribution < 1.29 is 9.59 Å². The molecule has 0 saturated heterocycles. The lowest BCUT2D eigenvalue weighted by molar-refractivity contribution is -0.124. The van der Waals surface area contributed by atoms with Crippen LogP contribution in [0.3, 0.4) is 0 Å². The Balaban J connectivity index is 3.41. The molecule has 0 atom stereocenters. The van der Waals surface area contributed by atoms with Crippen molar-refractivity contribution in [3.8, 4) is 0 Å². The van der Waals surface area contributed by atoms with Crippen LogP contribution < -0.4 is 10.6 Å². The molecule has 0 saturated carbocycles. The van der Waals surface area contributed by atoms with Gasteiger partial charge < -0.3 is 10.6 Å². The van der Waals surface area contributed by atoms with Crippen molar-refractivity contribution in [3.05, 3.63) is 24.3 Å². The zero-order chi connectivity index (χ0) is 36.4. The van der Waals surface area contributed by atoms with Gasteiger partial charge in [-0.25, -0.2) is 0 Å². The Morgan fingerprint density at radius 3 is 0.840 bits per heavy atom. The molecule has 0 rings (SSSR count). The first-order valence-corrected chi connectivity index (χ1v) is 22.5. The molecule has 4 heteroatoms. The summed E-state index contributed by atoms with van der Waals surface area (Å²) in [6.45, 7) is 6.43. The van der Waals surface area contributed by atoms with Crippen molar-refractivity contribution in [2.75, 3.05) is 0 Å². The second-order valence-electron chi connectivity index (χ2n) is 15.4. The molecular formula is C46H88N2O2. The summed E-state index contributed by atoms with van der Waals surface area (Å²) < 4.78 is 0. The van der Waals surface area contributed by atoms with E-state index in [1.54, 1.807) is 0 Å². The van der Waals surface area contributed by atoms with Gasteiger partial charge in [-0.05, 0) is 71.1 Å². The molecule has 0 fully saturated rings. The normalized spacial score (nSPS) is 11.8. The first-order valence-electron chi connectivity index (χ1n) is 22.5. The van der Waals surface area contributed by atoms with Crippen LogP contribution in [0, 0.1) is 0 Å². The highest BCUT2D eigenvalue weighted by atomic mass is 16.2. The van der Waals surface area contributed by atoms with Gasteiger partial charge in [0.1, 0.15) is 0 Å². The molecule has 0 aromatic heterocycles. The van der Waals surface area contributed by atoms with Gasteiger partial charge in [0, 0.05) is 12.8 Å². The number of nitrogens with one attached hydrogen (secondary N) is 2. The SMILES string of the molecule is CCCCCCCC/C=C/CCCCCCCCCCCC(=O)NC(C)NC(=O)CCCCCCCCCCC/C=C/CCCCCCCC. The highest BCUT2D eigenvalue weighted by Crippen LogP contribution is 2.14. The molecule has 0 unspecified atom stereocenters. The molecule has 0 radical (unpaired) electrons. The average molecular weight is 701 g/mol. The van der Waals surface area contributed by atoms with Crippen LogP contribution in [-0.2, 0) is 9.59 Å². The number of allylic oxidation sites excluding steroid dienone is 4. The van der Waals surface area contributed by atoms with Gasteiger partial charge in [-0.1, -0.05) is 192 Å². The fourth-order valence-corrected chi connectivity index (χ4v) is 6.79. The molecule has 4 nitrogen and oxygen atoms in total. The van der Waals surface area contributed by atoms with Crippen molar-refractivity contribution in [1.82, 2.24) is 10.6 Å². The minimum atomic E-state index is -0.290. The summed E-state index contributed by atoms with van der Waals surface area (Å²) in [6.07, 6.45) is 54.6. The lowest BCUT2D eigenvalue weighted by Crippen LogP contribution is -2.45.